The summed E-state index contributed by atoms with van der Waals surface area (Å²) in [4.78, 5) is 23.4. The molecule has 0 radical (unpaired) electrons. The van der Waals surface area contributed by atoms with Gasteiger partial charge in [0.1, 0.15) is 0 Å². The summed E-state index contributed by atoms with van der Waals surface area (Å²) in [5.74, 6) is 1.94. The van der Waals surface area contributed by atoms with Gasteiger partial charge < -0.3 is 4.90 Å². The van der Waals surface area contributed by atoms with E-state index in [1.54, 1.807) is 0 Å². The first kappa shape index (κ1) is 23.1. The molecule has 5 nitrogen and oxygen atoms in total. The molecule has 0 amide bonds. The monoisotopic (exact) mass is 533 g/mol. The van der Waals surface area contributed by atoms with Crippen molar-refractivity contribution in [2.24, 2.45) is 0 Å². The van der Waals surface area contributed by atoms with Crippen molar-refractivity contribution in [1.82, 2.24) is 19.9 Å². The Bertz CT molecular complexity index is 1800. The summed E-state index contributed by atoms with van der Waals surface area (Å²) in [6, 6.07) is 39.7. The predicted octanol–water partition coefficient (Wildman–Crippen LogP) is 8.31. The molecule has 0 saturated carbocycles. The van der Waals surface area contributed by atoms with Gasteiger partial charge in [-0.1, -0.05) is 97.1 Å². The molecule has 0 saturated heterocycles. The highest BCUT2D eigenvalue weighted by Crippen LogP contribution is 2.61. The summed E-state index contributed by atoms with van der Waals surface area (Å²) in [5.41, 5.74) is 7.80. The smallest absolute Gasteiger partial charge is 0.234 e. The molecule has 40 heavy (non-hydrogen) atoms. The lowest BCUT2D eigenvalue weighted by Gasteiger charge is -2.32. The first-order chi connectivity index (χ1) is 19.8. The first-order valence-electron chi connectivity index (χ1n) is 13.3. The number of para-hydroxylation sites is 1. The normalized spacial score (nSPS) is 16.9. The van der Waals surface area contributed by atoms with E-state index < -0.39 is 0 Å². The van der Waals surface area contributed by atoms with E-state index in [2.05, 4.69) is 88.7 Å². The van der Waals surface area contributed by atoms with Crippen LogP contribution in [0.25, 0.3) is 33.9 Å². The molecule has 6 aromatic rings. The lowest BCUT2D eigenvalue weighted by atomic mass is 9.96. The third kappa shape index (κ3) is 3.72. The van der Waals surface area contributed by atoms with Crippen LogP contribution in [0.15, 0.2) is 133 Å². The summed E-state index contributed by atoms with van der Waals surface area (Å²) < 4.78 is 0. The summed E-state index contributed by atoms with van der Waals surface area (Å²) in [6.45, 7) is 0. The third-order valence-electron chi connectivity index (χ3n) is 7.57. The molecule has 0 N–H and O–H groups in total. The van der Waals surface area contributed by atoms with Crippen LogP contribution in [0.3, 0.4) is 0 Å². The highest BCUT2D eigenvalue weighted by Gasteiger charge is 2.44. The first-order valence-corrected chi connectivity index (χ1v) is 14.2. The van der Waals surface area contributed by atoms with Gasteiger partial charge in [-0.15, -0.1) is 11.8 Å². The zero-order chi connectivity index (χ0) is 26.5. The Morgan fingerprint density at radius 3 is 1.98 bits per heavy atom. The molecule has 0 fully saturated rings. The van der Waals surface area contributed by atoms with Crippen LogP contribution in [0, 0.1) is 0 Å². The molecule has 0 spiro atoms. The number of hydrogen-bond acceptors (Lipinski definition) is 6. The standard InChI is InChI=1S/C34H23N5S/c1-3-11-22(12-4-1)32-36-33(23-13-5-2-6-14-23)38-34(37-32)39-28-17-9-7-15-24(28)27-21-35-20-19-25(27)31-30(39)26-16-8-10-18-29(26)40-31/h1-21,30-31H. The van der Waals surface area contributed by atoms with Crippen molar-refractivity contribution in [2.45, 2.75) is 16.2 Å². The summed E-state index contributed by atoms with van der Waals surface area (Å²) in [6.07, 6.45) is 3.90. The van der Waals surface area contributed by atoms with E-state index >= 15 is 0 Å². The van der Waals surface area contributed by atoms with Crippen molar-refractivity contribution >= 4 is 23.4 Å². The molecule has 2 atom stereocenters. The second kappa shape index (κ2) is 9.43. The van der Waals surface area contributed by atoms with Gasteiger partial charge in [0, 0.05) is 39.5 Å². The number of fused-ring (bicyclic) bond motifs is 7. The highest BCUT2D eigenvalue weighted by molar-refractivity contribution is 8.00. The lowest BCUT2D eigenvalue weighted by molar-refractivity contribution is 0.676. The quantitative estimate of drug-likeness (QED) is 0.228. The Hall–Kier alpha value is -4.81. The van der Waals surface area contributed by atoms with E-state index in [1.165, 1.54) is 16.0 Å². The Balaban J connectivity index is 1.43. The van der Waals surface area contributed by atoms with Crippen LogP contribution >= 0.6 is 11.8 Å². The van der Waals surface area contributed by atoms with Crippen LogP contribution in [-0.4, -0.2) is 19.9 Å². The van der Waals surface area contributed by atoms with Crippen LogP contribution in [0.4, 0.5) is 11.6 Å². The maximum absolute atomic E-state index is 5.17. The summed E-state index contributed by atoms with van der Waals surface area (Å²) in [7, 11) is 0. The van der Waals surface area contributed by atoms with Gasteiger partial charge >= 0.3 is 0 Å². The van der Waals surface area contributed by atoms with E-state index in [1.807, 2.05) is 60.6 Å². The predicted molar refractivity (Wildman–Crippen MR) is 160 cm³/mol. The molecule has 2 unspecified atom stereocenters. The molecule has 2 aromatic heterocycles. The SMILES string of the molecule is c1ccc(-c2nc(-c3ccccc3)nc(N3c4ccccc4-c4cnccc4C4Sc5ccccc5C43)n2)cc1. The molecule has 6 heteroatoms. The van der Waals surface area contributed by atoms with Crippen molar-refractivity contribution in [2.75, 3.05) is 4.90 Å². The van der Waals surface area contributed by atoms with Crippen molar-refractivity contribution in [3.05, 3.63) is 139 Å². The Kier molecular flexibility index (Phi) is 5.45. The summed E-state index contributed by atoms with van der Waals surface area (Å²) >= 11 is 1.91. The van der Waals surface area contributed by atoms with Gasteiger partial charge in [0.05, 0.1) is 17.0 Å². The van der Waals surface area contributed by atoms with E-state index in [0.29, 0.717) is 17.6 Å². The van der Waals surface area contributed by atoms with E-state index in [-0.39, 0.29) is 11.3 Å². The van der Waals surface area contributed by atoms with Crippen LogP contribution in [0.5, 0.6) is 0 Å². The van der Waals surface area contributed by atoms with Crippen molar-refractivity contribution in [3.63, 3.8) is 0 Å². The largest absolute Gasteiger partial charge is 0.301 e. The van der Waals surface area contributed by atoms with Crippen molar-refractivity contribution in [1.29, 1.82) is 0 Å². The number of pyridine rings is 1. The molecular formula is C34H23N5S. The van der Waals surface area contributed by atoms with Crippen LogP contribution in [0.2, 0.25) is 0 Å². The fourth-order valence-corrected chi connectivity index (χ4v) is 7.27. The van der Waals surface area contributed by atoms with E-state index in [9.17, 15) is 0 Å². The fraction of sp³-hybridized carbons (Fsp3) is 0.0588. The molecule has 190 valence electrons. The second-order valence-electron chi connectivity index (χ2n) is 9.89. The van der Waals surface area contributed by atoms with Gasteiger partial charge in [-0.2, -0.15) is 9.97 Å². The molecule has 2 aliphatic rings. The minimum atomic E-state index is -0.0133. The van der Waals surface area contributed by atoms with Gasteiger partial charge in [-0.05, 0) is 29.3 Å². The molecule has 2 aliphatic heterocycles. The zero-order valence-electron chi connectivity index (χ0n) is 21.4. The Labute approximate surface area is 236 Å². The van der Waals surface area contributed by atoms with Crippen LogP contribution in [0.1, 0.15) is 22.4 Å². The molecule has 4 heterocycles. The van der Waals surface area contributed by atoms with Gasteiger partial charge in [-0.3, -0.25) is 4.98 Å². The molecule has 0 bridgehead atoms. The van der Waals surface area contributed by atoms with Gasteiger partial charge in [-0.25, -0.2) is 4.98 Å². The van der Waals surface area contributed by atoms with Gasteiger partial charge in [0.15, 0.2) is 11.6 Å². The lowest BCUT2D eigenvalue weighted by Crippen LogP contribution is -2.27. The fourth-order valence-electron chi connectivity index (χ4n) is 5.78. The Morgan fingerprint density at radius 1 is 0.575 bits per heavy atom. The number of anilines is 2. The topological polar surface area (TPSA) is 54.8 Å². The number of aromatic nitrogens is 4. The van der Waals surface area contributed by atoms with E-state index in [0.717, 1.165) is 27.9 Å². The number of hydrogen-bond donors (Lipinski definition) is 0. The van der Waals surface area contributed by atoms with E-state index in [4.69, 9.17) is 15.0 Å². The maximum Gasteiger partial charge on any atom is 0.234 e. The highest BCUT2D eigenvalue weighted by atomic mass is 32.2. The van der Waals surface area contributed by atoms with Crippen LogP contribution in [-0.2, 0) is 0 Å². The van der Waals surface area contributed by atoms with Crippen molar-refractivity contribution < 1.29 is 0 Å². The number of benzene rings is 4. The summed E-state index contributed by atoms with van der Waals surface area (Å²) in [5, 5.41) is 0.139. The minimum absolute atomic E-state index is 0.0133. The van der Waals surface area contributed by atoms with Gasteiger partial charge in [0.2, 0.25) is 5.95 Å². The molecular weight excluding hydrogens is 510 g/mol. The molecule has 0 aliphatic carbocycles. The van der Waals surface area contributed by atoms with Crippen molar-refractivity contribution in [3.8, 4) is 33.9 Å². The average Bonchev–Trinajstić information content (AvgIpc) is 3.36. The average molecular weight is 534 g/mol. The zero-order valence-corrected chi connectivity index (χ0v) is 22.2. The minimum Gasteiger partial charge on any atom is -0.301 e. The molecule has 4 aromatic carbocycles. The Morgan fingerprint density at radius 2 is 1.23 bits per heavy atom. The number of rotatable bonds is 3. The molecule has 8 rings (SSSR count). The second-order valence-corrected chi connectivity index (χ2v) is 11.1. The van der Waals surface area contributed by atoms with Gasteiger partial charge in [0.25, 0.3) is 0 Å². The van der Waals surface area contributed by atoms with Crippen LogP contribution < -0.4 is 4.90 Å². The maximum atomic E-state index is 5.17. The third-order valence-corrected chi connectivity index (χ3v) is 8.97. The number of nitrogens with zero attached hydrogens (tertiary/aromatic N) is 5. The number of thioether (sulfide) groups is 1.